The number of aryl methyl sites for hydroxylation is 2. The first kappa shape index (κ1) is 22.6. The summed E-state index contributed by atoms with van der Waals surface area (Å²) in [6.45, 7) is 3.61. The van der Waals surface area contributed by atoms with Crippen LogP contribution in [0.4, 0.5) is 18.9 Å². The van der Waals surface area contributed by atoms with Crippen LogP contribution < -0.4 is 11.1 Å². The number of fused-ring (bicyclic) bond motifs is 1. The van der Waals surface area contributed by atoms with Gasteiger partial charge in [-0.15, -0.1) is 12.4 Å². The zero-order valence-corrected chi connectivity index (χ0v) is 16.6. The molecule has 0 unspecified atom stereocenters. The van der Waals surface area contributed by atoms with Gasteiger partial charge in [0.05, 0.1) is 5.56 Å². The molecule has 0 aliphatic rings. The van der Waals surface area contributed by atoms with Crippen molar-refractivity contribution in [1.82, 2.24) is 19.6 Å². The number of hydrogen-bond donors (Lipinski definition) is 2. The van der Waals surface area contributed by atoms with Gasteiger partial charge in [-0.05, 0) is 49.6 Å². The van der Waals surface area contributed by atoms with Crippen molar-refractivity contribution in [1.29, 1.82) is 0 Å². The Hall–Kier alpha value is -2.72. The molecule has 3 aromatic rings. The second kappa shape index (κ2) is 8.75. The molecule has 3 N–H and O–H groups in total. The standard InChI is InChI=1S/C18H19F3N6O.ClH/c1-10-15(11(2)27-17(25-10)23-9-24-27)3-4-16(28)26-14-6-12(8-22)5-13(7-14)18(19,20)21;/h5-7,9H,3-4,8,22H2,1-2H3,(H,26,28);1H. The molecule has 1 aromatic carbocycles. The van der Waals surface area contributed by atoms with Crippen LogP contribution in [0.25, 0.3) is 5.78 Å². The highest BCUT2D eigenvalue weighted by Gasteiger charge is 2.31. The number of amides is 1. The zero-order chi connectivity index (χ0) is 20.5. The molecule has 0 spiro atoms. The fourth-order valence-corrected chi connectivity index (χ4v) is 3.02. The van der Waals surface area contributed by atoms with Crippen LogP contribution in [0.2, 0.25) is 0 Å². The van der Waals surface area contributed by atoms with Crippen LogP contribution in [0.1, 0.15) is 34.5 Å². The number of carbonyl (C=O) groups is 1. The summed E-state index contributed by atoms with van der Waals surface area (Å²) in [4.78, 5) is 20.7. The third kappa shape index (κ3) is 5.01. The highest BCUT2D eigenvalue weighted by atomic mass is 35.5. The molecule has 1 amide bonds. The van der Waals surface area contributed by atoms with Crippen molar-refractivity contribution in [2.24, 2.45) is 5.73 Å². The molecule has 0 atom stereocenters. The number of nitrogens with two attached hydrogens (primary N) is 1. The number of anilines is 1. The first-order chi connectivity index (χ1) is 13.2. The Kier molecular flexibility index (Phi) is 6.81. The second-order valence-electron chi connectivity index (χ2n) is 6.40. The molecular weight excluding hydrogens is 409 g/mol. The third-order valence-corrected chi connectivity index (χ3v) is 4.43. The number of aromatic nitrogens is 4. The van der Waals surface area contributed by atoms with Crippen molar-refractivity contribution in [3.05, 3.63) is 52.6 Å². The molecule has 2 heterocycles. The van der Waals surface area contributed by atoms with Gasteiger partial charge in [0.15, 0.2) is 0 Å². The minimum atomic E-state index is -4.52. The van der Waals surface area contributed by atoms with Gasteiger partial charge in [-0.1, -0.05) is 0 Å². The summed E-state index contributed by atoms with van der Waals surface area (Å²) in [5, 5.41) is 6.61. The summed E-state index contributed by atoms with van der Waals surface area (Å²) < 4.78 is 40.6. The van der Waals surface area contributed by atoms with E-state index in [9.17, 15) is 18.0 Å². The van der Waals surface area contributed by atoms with E-state index in [0.29, 0.717) is 12.2 Å². The van der Waals surface area contributed by atoms with E-state index < -0.39 is 17.6 Å². The predicted molar refractivity (Wildman–Crippen MR) is 104 cm³/mol. The largest absolute Gasteiger partial charge is 0.416 e. The van der Waals surface area contributed by atoms with E-state index >= 15 is 0 Å². The van der Waals surface area contributed by atoms with Gasteiger partial charge in [0.2, 0.25) is 5.91 Å². The van der Waals surface area contributed by atoms with Crippen LogP contribution in [0.3, 0.4) is 0 Å². The van der Waals surface area contributed by atoms with E-state index in [4.69, 9.17) is 5.73 Å². The van der Waals surface area contributed by atoms with Gasteiger partial charge in [-0.25, -0.2) is 9.50 Å². The molecule has 0 saturated carbocycles. The molecule has 11 heteroatoms. The minimum Gasteiger partial charge on any atom is -0.326 e. The maximum absolute atomic E-state index is 13.0. The Morgan fingerprint density at radius 1 is 1.24 bits per heavy atom. The van der Waals surface area contributed by atoms with E-state index in [1.165, 1.54) is 12.4 Å². The van der Waals surface area contributed by atoms with Crippen molar-refractivity contribution in [3.63, 3.8) is 0 Å². The first-order valence-electron chi connectivity index (χ1n) is 8.56. The monoisotopic (exact) mass is 428 g/mol. The molecule has 29 heavy (non-hydrogen) atoms. The highest BCUT2D eigenvalue weighted by Crippen LogP contribution is 2.32. The minimum absolute atomic E-state index is 0. The van der Waals surface area contributed by atoms with Gasteiger partial charge in [0.1, 0.15) is 6.33 Å². The molecule has 0 fully saturated rings. The molecule has 0 radical (unpaired) electrons. The fourth-order valence-electron chi connectivity index (χ4n) is 3.02. The molecule has 3 rings (SSSR count). The summed E-state index contributed by atoms with van der Waals surface area (Å²) in [5.41, 5.74) is 7.37. The Bertz CT molecular complexity index is 1030. The van der Waals surface area contributed by atoms with Crippen LogP contribution in [0.15, 0.2) is 24.5 Å². The average Bonchev–Trinajstić information content (AvgIpc) is 3.09. The summed E-state index contributed by atoms with van der Waals surface area (Å²) in [5.74, 6) is 0.0706. The number of nitrogens with zero attached hydrogens (tertiary/aromatic N) is 4. The quantitative estimate of drug-likeness (QED) is 0.650. The number of halogens is 4. The van der Waals surface area contributed by atoms with Crippen LogP contribution in [0.5, 0.6) is 0 Å². The van der Waals surface area contributed by atoms with Gasteiger partial charge in [0, 0.05) is 30.0 Å². The molecule has 7 nitrogen and oxygen atoms in total. The van der Waals surface area contributed by atoms with Crippen molar-refractivity contribution < 1.29 is 18.0 Å². The molecule has 0 saturated heterocycles. The lowest BCUT2D eigenvalue weighted by Crippen LogP contribution is -2.16. The van der Waals surface area contributed by atoms with Gasteiger partial charge in [0.25, 0.3) is 5.78 Å². The molecule has 0 aliphatic heterocycles. The number of rotatable bonds is 5. The number of hydrogen-bond acceptors (Lipinski definition) is 5. The molecular formula is C18H20ClF3N6O. The normalized spacial score (nSPS) is 11.4. The SMILES string of the molecule is Cc1nc2ncnn2c(C)c1CCC(=O)Nc1cc(CN)cc(C(F)(F)F)c1.Cl. The van der Waals surface area contributed by atoms with Crippen LogP contribution in [-0.2, 0) is 23.9 Å². The van der Waals surface area contributed by atoms with Gasteiger partial charge < -0.3 is 11.1 Å². The summed E-state index contributed by atoms with van der Waals surface area (Å²) in [6.07, 6.45) is -2.67. The summed E-state index contributed by atoms with van der Waals surface area (Å²) >= 11 is 0. The van der Waals surface area contributed by atoms with Crippen LogP contribution in [-0.4, -0.2) is 25.5 Å². The van der Waals surface area contributed by atoms with Crippen molar-refractivity contribution in [2.75, 3.05) is 5.32 Å². The smallest absolute Gasteiger partial charge is 0.326 e. The van der Waals surface area contributed by atoms with Crippen molar-refractivity contribution in [2.45, 2.75) is 39.4 Å². The summed E-state index contributed by atoms with van der Waals surface area (Å²) in [6, 6.07) is 3.31. The topological polar surface area (TPSA) is 98.2 Å². The number of alkyl halides is 3. The van der Waals surface area contributed by atoms with Crippen LogP contribution in [0, 0.1) is 13.8 Å². The van der Waals surface area contributed by atoms with Gasteiger partial charge in [-0.3, -0.25) is 4.79 Å². The van der Waals surface area contributed by atoms with E-state index in [1.807, 2.05) is 13.8 Å². The Morgan fingerprint density at radius 2 is 1.97 bits per heavy atom. The molecule has 2 aromatic heterocycles. The lowest BCUT2D eigenvalue weighted by molar-refractivity contribution is -0.137. The van der Waals surface area contributed by atoms with Crippen molar-refractivity contribution >= 4 is 29.8 Å². The lowest BCUT2D eigenvalue weighted by atomic mass is 10.1. The fraction of sp³-hybridized carbons (Fsp3) is 0.333. The van der Waals surface area contributed by atoms with E-state index in [-0.39, 0.29) is 36.6 Å². The van der Waals surface area contributed by atoms with Gasteiger partial charge >= 0.3 is 6.18 Å². The first-order valence-corrected chi connectivity index (χ1v) is 8.56. The number of nitrogens with one attached hydrogen (secondary N) is 1. The molecule has 0 aliphatic carbocycles. The highest BCUT2D eigenvalue weighted by molar-refractivity contribution is 5.91. The zero-order valence-electron chi connectivity index (χ0n) is 15.7. The Morgan fingerprint density at radius 3 is 2.62 bits per heavy atom. The van der Waals surface area contributed by atoms with Crippen molar-refractivity contribution in [3.8, 4) is 0 Å². The second-order valence-corrected chi connectivity index (χ2v) is 6.40. The Labute approximate surface area is 170 Å². The Balaban J connectivity index is 0.00000300. The average molecular weight is 429 g/mol. The van der Waals surface area contributed by atoms with E-state index in [1.54, 1.807) is 4.52 Å². The third-order valence-electron chi connectivity index (χ3n) is 4.43. The maximum atomic E-state index is 13.0. The molecule has 0 bridgehead atoms. The summed E-state index contributed by atoms with van der Waals surface area (Å²) in [7, 11) is 0. The number of benzene rings is 1. The maximum Gasteiger partial charge on any atom is 0.416 e. The number of carbonyl (C=O) groups excluding carboxylic acids is 1. The predicted octanol–water partition coefficient (Wildman–Crippen LogP) is 3.21. The van der Waals surface area contributed by atoms with Gasteiger partial charge in [-0.2, -0.15) is 23.3 Å². The molecule has 156 valence electrons. The van der Waals surface area contributed by atoms with E-state index in [0.717, 1.165) is 29.1 Å². The van der Waals surface area contributed by atoms with E-state index in [2.05, 4.69) is 20.4 Å². The van der Waals surface area contributed by atoms with Crippen LogP contribution >= 0.6 is 12.4 Å². The lowest BCUT2D eigenvalue weighted by Gasteiger charge is -2.13.